The van der Waals surface area contributed by atoms with Crippen molar-refractivity contribution in [2.45, 2.75) is 25.8 Å². The molecule has 4 rings (SSSR count). The van der Waals surface area contributed by atoms with Crippen LogP contribution in [0.25, 0.3) is 21.7 Å². The number of benzene rings is 2. The van der Waals surface area contributed by atoms with Crippen LogP contribution in [0.4, 0.5) is 0 Å². The van der Waals surface area contributed by atoms with Crippen LogP contribution in [0.3, 0.4) is 0 Å². The van der Waals surface area contributed by atoms with Crippen LogP contribution in [0, 0.1) is 0 Å². The molecule has 0 saturated carbocycles. The Hall–Kier alpha value is -2.34. The summed E-state index contributed by atoms with van der Waals surface area (Å²) in [5.41, 5.74) is 1.61. The predicted molar refractivity (Wildman–Crippen MR) is 102 cm³/mol. The molecule has 1 amide bonds. The minimum absolute atomic E-state index is 0.0507. The van der Waals surface area contributed by atoms with E-state index >= 15 is 0 Å². The van der Waals surface area contributed by atoms with Crippen LogP contribution in [0.1, 0.15) is 18.9 Å². The van der Waals surface area contributed by atoms with E-state index in [0.29, 0.717) is 13.0 Å². The van der Waals surface area contributed by atoms with Gasteiger partial charge in [0.2, 0.25) is 5.91 Å². The van der Waals surface area contributed by atoms with Gasteiger partial charge in [-0.15, -0.1) is 0 Å². The van der Waals surface area contributed by atoms with Crippen molar-refractivity contribution in [2.24, 2.45) is 0 Å². The smallest absolute Gasteiger partial charge is 0.227 e. The molecule has 0 radical (unpaired) electrons. The van der Waals surface area contributed by atoms with Crippen LogP contribution in [-0.2, 0) is 21.1 Å². The standard InChI is InChI=1S/C20H21NO4S/c1-2-21(16-9-10-26(23,24)13-16)19(22)11-15-12-25-18-8-7-14-5-3-4-6-17(14)20(15)18/h3-8,12,16H,2,9-11,13H2,1H3/t16-/m1/s1. The van der Waals surface area contributed by atoms with Crippen LogP contribution in [0.2, 0.25) is 0 Å². The van der Waals surface area contributed by atoms with Gasteiger partial charge in [0.05, 0.1) is 24.2 Å². The van der Waals surface area contributed by atoms with Gasteiger partial charge in [0.15, 0.2) is 9.84 Å². The fourth-order valence-electron chi connectivity index (χ4n) is 3.93. The Morgan fingerprint density at radius 2 is 2.04 bits per heavy atom. The number of rotatable bonds is 4. The molecule has 1 fully saturated rings. The molecule has 0 aliphatic carbocycles. The van der Waals surface area contributed by atoms with Crippen LogP contribution in [-0.4, -0.2) is 43.3 Å². The maximum absolute atomic E-state index is 12.9. The highest BCUT2D eigenvalue weighted by Gasteiger charge is 2.34. The second-order valence-electron chi connectivity index (χ2n) is 6.83. The van der Waals surface area contributed by atoms with E-state index < -0.39 is 9.84 Å². The van der Waals surface area contributed by atoms with Gasteiger partial charge in [-0.2, -0.15) is 0 Å². The fourth-order valence-corrected chi connectivity index (χ4v) is 5.66. The van der Waals surface area contributed by atoms with Gasteiger partial charge in [0.25, 0.3) is 0 Å². The molecule has 2 aromatic carbocycles. The molecule has 0 spiro atoms. The van der Waals surface area contributed by atoms with Crippen molar-refractivity contribution in [3.63, 3.8) is 0 Å². The Kier molecular flexibility index (Phi) is 4.23. The molecule has 2 heterocycles. The summed E-state index contributed by atoms with van der Waals surface area (Å²) in [5.74, 6) is 0.188. The van der Waals surface area contributed by atoms with Crippen LogP contribution < -0.4 is 0 Å². The van der Waals surface area contributed by atoms with E-state index in [1.165, 1.54) is 0 Å². The number of sulfone groups is 1. The first-order valence-electron chi connectivity index (χ1n) is 8.86. The van der Waals surface area contributed by atoms with Gasteiger partial charge in [0, 0.05) is 23.5 Å². The summed E-state index contributed by atoms with van der Waals surface area (Å²) in [6, 6.07) is 11.7. The Morgan fingerprint density at radius 1 is 1.23 bits per heavy atom. The number of nitrogens with zero attached hydrogens (tertiary/aromatic N) is 1. The first kappa shape index (κ1) is 17.1. The number of furan rings is 1. The summed E-state index contributed by atoms with van der Waals surface area (Å²) >= 11 is 0. The normalized spacial score (nSPS) is 19.2. The number of carbonyl (C=O) groups excluding carboxylic acids is 1. The molecular formula is C20H21NO4S. The minimum Gasteiger partial charge on any atom is -0.464 e. The van der Waals surface area contributed by atoms with Crippen molar-refractivity contribution in [3.8, 4) is 0 Å². The molecular weight excluding hydrogens is 350 g/mol. The summed E-state index contributed by atoms with van der Waals surface area (Å²) in [7, 11) is -3.02. The third-order valence-electron chi connectivity index (χ3n) is 5.19. The molecule has 1 atom stereocenters. The lowest BCUT2D eigenvalue weighted by molar-refractivity contribution is -0.132. The maximum atomic E-state index is 12.9. The van der Waals surface area contributed by atoms with Crippen molar-refractivity contribution in [3.05, 3.63) is 48.2 Å². The SMILES string of the molecule is CCN(C(=O)Cc1coc2ccc3ccccc3c12)[C@@H]1CCS(=O)(=O)C1. The van der Waals surface area contributed by atoms with Gasteiger partial charge in [-0.1, -0.05) is 30.3 Å². The lowest BCUT2D eigenvalue weighted by Gasteiger charge is -2.26. The van der Waals surface area contributed by atoms with Crippen molar-refractivity contribution < 1.29 is 17.6 Å². The second-order valence-corrected chi connectivity index (χ2v) is 9.06. The molecule has 0 unspecified atom stereocenters. The second kappa shape index (κ2) is 6.43. The number of hydrogen-bond acceptors (Lipinski definition) is 4. The van der Waals surface area contributed by atoms with Gasteiger partial charge < -0.3 is 9.32 Å². The first-order valence-corrected chi connectivity index (χ1v) is 10.7. The zero-order valence-corrected chi connectivity index (χ0v) is 15.5. The molecule has 6 heteroatoms. The first-order chi connectivity index (χ1) is 12.5. The van der Waals surface area contributed by atoms with Gasteiger partial charge in [-0.25, -0.2) is 8.42 Å². The van der Waals surface area contributed by atoms with Crippen molar-refractivity contribution >= 4 is 37.5 Å². The van der Waals surface area contributed by atoms with E-state index in [2.05, 4.69) is 0 Å². The molecule has 26 heavy (non-hydrogen) atoms. The number of hydrogen-bond donors (Lipinski definition) is 0. The molecule has 1 aromatic heterocycles. The van der Waals surface area contributed by atoms with Gasteiger partial charge in [-0.3, -0.25) is 4.79 Å². The molecule has 0 N–H and O–H groups in total. The predicted octanol–water partition coefficient (Wildman–Crippen LogP) is 3.16. The van der Waals surface area contributed by atoms with Crippen LogP contribution >= 0.6 is 0 Å². The molecule has 5 nitrogen and oxygen atoms in total. The zero-order chi connectivity index (χ0) is 18.3. The van der Waals surface area contributed by atoms with Gasteiger partial charge in [-0.05, 0) is 30.2 Å². The molecule has 1 aliphatic rings. The Labute approximate surface area is 152 Å². The van der Waals surface area contributed by atoms with Crippen molar-refractivity contribution in [2.75, 3.05) is 18.1 Å². The van der Waals surface area contributed by atoms with E-state index in [0.717, 1.165) is 27.3 Å². The molecule has 0 bridgehead atoms. The Balaban J connectivity index is 1.66. The highest BCUT2D eigenvalue weighted by atomic mass is 32.2. The lowest BCUT2D eigenvalue weighted by Crippen LogP contribution is -2.41. The summed E-state index contributed by atoms with van der Waals surface area (Å²) in [6.07, 6.45) is 2.39. The molecule has 3 aromatic rings. The van der Waals surface area contributed by atoms with Crippen molar-refractivity contribution in [1.82, 2.24) is 4.90 Å². The number of likely N-dealkylation sites (N-methyl/N-ethyl adjacent to an activating group) is 1. The summed E-state index contributed by atoms with van der Waals surface area (Å²) in [5, 5.41) is 3.13. The maximum Gasteiger partial charge on any atom is 0.227 e. The molecule has 1 aliphatic heterocycles. The van der Waals surface area contributed by atoms with E-state index in [-0.39, 0.29) is 29.9 Å². The average Bonchev–Trinajstić information content (AvgIpc) is 3.19. The van der Waals surface area contributed by atoms with E-state index in [9.17, 15) is 13.2 Å². The number of amides is 1. The van der Waals surface area contributed by atoms with E-state index in [1.54, 1.807) is 11.2 Å². The number of carbonyl (C=O) groups is 1. The van der Waals surface area contributed by atoms with E-state index in [4.69, 9.17) is 4.42 Å². The Bertz CT molecular complexity index is 1080. The van der Waals surface area contributed by atoms with Crippen LogP contribution in [0.15, 0.2) is 47.1 Å². The summed E-state index contributed by atoms with van der Waals surface area (Å²) in [6.45, 7) is 2.40. The van der Waals surface area contributed by atoms with Crippen molar-refractivity contribution in [1.29, 1.82) is 0 Å². The monoisotopic (exact) mass is 371 g/mol. The topological polar surface area (TPSA) is 67.6 Å². The highest BCUT2D eigenvalue weighted by molar-refractivity contribution is 7.91. The minimum atomic E-state index is -3.02. The number of fused-ring (bicyclic) bond motifs is 3. The Morgan fingerprint density at radius 3 is 2.77 bits per heavy atom. The quantitative estimate of drug-likeness (QED) is 0.706. The largest absolute Gasteiger partial charge is 0.464 e. The molecule has 1 saturated heterocycles. The van der Waals surface area contributed by atoms with Gasteiger partial charge >= 0.3 is 0 Å². The summed E-state index contributed by atoms with van der Waals surface area (Å²) in [4.78, 5) is 14.6. The third-order valence-corrected chi connectivity index (χ3v) is 6.94. The zero-order valence-electron chi connectivity index (χ0n) is 14.6. The molecule has 136 valence electrons. The summed E-state index contributed by atoms with van der Waals surface area (Å²) < 4.78 is 29.2. The fraction of sp³-hybridized carbons (Fsp3) is 0.350. The third kappa shape index (κ3) is 2.98. The average molecular weight is 371 g/mol. The lowest BCUT2D eigenvalue weighted by atomic mass is 10.0. The van der Waals surface area contributed by atoms with Crippen LogP contribution in [0.5, 0.6) is 0 Å². The highest BCUT2D eigenvalue weighted by Crippen LogP contribution is 2.30. The van der Waals surface area contributed by atoms with Gasteiger partial charge in [0.1, 0.15) is 5.58 Å². The van der Waals surface area contributed by atoms with E-state index in [1.807, 2.05) is 43.3 Å².